The van der Waals surface area contributed by atoms with E-state index in [2.05, 4.69) is 51.0 Å². The van der Waals surface area contributed by atoms with E-state index in [-0.39, 0.29) is 66.8 Å². The van der Waals surface area contributed by atoms with Crippen LogP contribution in [0.3, 0.4) is 0 Å². The minimum atomic E-state index is -0.942. The molecule has 3 unspecified atom stereocenters. The number of pyridine rings is 1. The monoisotopic (exact) mass is 1080 g/mol. The molecule has 5 fully saturated rings. The van der Waals surface area contributed by atoms with Crippen LogP contribution >= 0.6 is 11.3 Å². The van der Waals surface area contributed by atoms with Crippen LogP contribution in [0.15, 0.2) is 42.2 Å². The maximum Gasteiger partial charge on any atom is 0.319 e. The number of benzene rings is 1. The van der Waals surface area contributed by atoms with Crippen molar-refractivity contribution in [3.63, 3.8) is 0 Å². The predicted molar refractivity (Wildman–Crippen MR) is 288 cm³/mol. The van der Waals surface area contributed by atoms with Gasteiger partial charge >= 0.3 is 6.01 Å². The smallest absolute Gasteiger partial charge is 0.319 e. The predicted octanol–water partition coefficient (Wildman–Crippen LogP) is 5.40. The number of ether oxygens (including phenoxy) is 2. The second-order valence-electron chi connectivity index (χ2n) is 23.8. The van der Waals surface area contributed by atoms with Crippen LogP contribution in [-0.4, -0.2) is 160 Å². The molecular weight excluding hydrogens is 1010 g/mol. The molecule has 4 aromatic heterocycles. The molecule has 22 heteroatoms. The van der Waals surface area contributed by atoms with E-state index in [1.165, 1.54) is 11.1 Å². The highest BCUT2D eigenvalue weighted by atomic mass is 32.1. The molecule has 9 heterocycles. The fourth-order valence-electron chi connectivity index (χ4n) is 12.1. The molecule has 0 spiro atoms. The summed E-state index contributed by atoms with van der Waals surface area (Å²) in [5.41, 5.74) is 3.91. The highest BCUT2D eigenvalue weighted by Crippen LogP contribution is 2.44. The Hall–Kier alpha value is -5.94. The molecule has 10 rings (SSSR count). The molecule has 1 aromatic carbocycles. The van der Waals surface area contributed by atoms with Gasteiger partial charge in [0.1, 0.15) is 30.0 Å². The number of hydrogen-bond acceptors (Lipinski definition) is 17. The van der Waals surface area contributed by atoms with Crippen molar-refractivity contribution in [1.82, 2.24) is 60.7 Å². The molecule has 5 saturated heterocycles. The average molecular weight is 1080 g/mol. The van der Waals surface area contributed by atoms with Crippen molar-refractivity contribution in [3.8, 4) is 22.3 Å². The van der Waals surface area contributed by atoms with Gasteiger partial charge in [0, 0.05) is 75.5 Å². The number of fused-ring (bicyclic) bond motifs is 4. The van der Waals surface area contributed by atoms with Gasteiger partial charge in [0.15, 0.2) is 0 Å². The number of carbonyl (C=O) groups excluding carboxylic acids is 3. The molecule has 20 nitrogen and oxygen atoms in total. The molecule has 0 radical (unpaired) electrons. The van der Waals surface area contributed by atoms with Gasteiger partial charge in [-0.2, -0.15) is 14.4 Å². The highest BCUT2D eigenvalue weighted by molar-refractivity contribution is 7.13. The first kappa shape index (κ1) is 54.4. The molecule has 3 amide bonds. The SMILES string of the molecule is Cc1ncsc1-c1ccc(CNC(=O)[C@H]2C[C@H](O)CN2C(=O)[C@H](NC(=O)CCC(C)(C)OCC(C)c2cn(C[C@H]3CC[C@@]4(COc5nc(N6CC7CCC(C6)N7)c6cnc(O)c(F)c6n5)CCCN34)nn2)C(C)(C)C)cc1. The number of aromatic hydroxyl groups is 1. The standard InChI is InChI=1S/C55H74FN13O7S/c1-32(29-76-54(6,7)18-16-43(71)61-47(53(3,4)5)51(74)68-27-39(70)21-42(68)49(72)57-22-34-9-11-35(12-10-34)46-33(2)59-31-77-46)41-28-67(65-64-41)26-38-15-19-55(17-8-20-69(38)55)30-75-52-62-45-40(23-58-50(73)44(45)56)48(63-52)66-24-36-13-14-37(25-66)60-36/h9-12,23,28,31-32,36-39,42,47,60,70H,8,13-22,24-27,29-30H2,1-7H3,(H,57,72)(H,58,73)(H,61,71)/t32?,36?,37?,38-,39+,42-,47+,55-/m1/s1. The Kier molecular flexibility index (Phi) is 15.6. The largest absolute Gasteiger partial charge is 0.491 e. The zero-order valence-electron chi connectivity index (χ0n) is 45.3. The summed E-state index contributed by atoms with van der Waals surface area (Å²) in [5, 5.41) is 40.0. The third-order valence-corrected chi connectivity index (χ3v) is 17.5. The minimum Gasteiger partial charge on any atom is -0.491 e. The Labute approximate surface area is 452 Å². The molecule has 414 valence electrons. The Morgan fingerprint density at radius 1 is 1.03 bits per heavy atom. The molecule has 8 atom stereocenters. The maximum absolute atomic E-state index is 15.4. The maximum atomic E-state index is 15.4. The lowest BCUT2D eigenvalue weighted by Gasteiger charge is -2.35. The highest BCUT2D eigenvalue weighted by Gasteiger charge is 2.50. The average Bonchev–Trinajstić information content (AvgIpc) is 4.32. The van der Waals surface area contributed by atoms with Gasteiger partial charge in [0.05, 0.1) is 57.6 Å². The van der Waals surface area contributed by atoms with Crippen LogP contribution in [0, 0.1) is 18.2 Å². The number of aliphatic hydroxyl groups is 1. The van der Waals surface area contributed by atoms with Crippen molar-refractivity contribution in [3.05, 3.63) is 64.9 Å². The quantitative estimate of drug-likeness (QED) is 0.0696. The van der Waals surface area contributed by atoms with E-state index < -0.39 is 46.8 Å². The summed E-state index contributed by atoms with van der Waals surface area (Å²) in [5.74, 6) is -2.19. The van der Waals surface area contributed by atoms with Crippen molar-refractivity contribution in [1.29, 1.82) is 0 Å². The van der Waals surface area contributed by atoms with Crippen LogP contribution in [0.5, 0.6) is 11.9 Å². The number of anilines is 1. The van der Waals surface area contributed by atoms with Gasteiger partial charge in [-0.1, -0.05) is 57.2 Å². The minimum absolute atomic E-state index is 0.00179. The number of β-amino-alcohol motifs (C(OH)–C–C–N with tert-alkyl or cyclic N) is 1. The van der Waals surface area contributed by atoms with E-state index in [0.717, 1.165) is 85.6 Å². The van der Waals surface area contributed by atoms with Crippen LogP contribution in [0.1, 0.15) is 122 Å². The van der Waals surface area contributed by atoms with Crippen molar-refractivity contribution in [2.45, 2.75) is 173 Å². The van der Waals surface area contributed by atoms with Gasteiger partial charge < -0.3 is 45.4 Å². The molecule has 5 N–H and O–H groups in total. The van der Waals surface area contributed by atoms with Gasteiger partial charge in [-0.15, -0.1) is 16.4 Å². The van der Waals surface area contributed by atoms with Crippen molar-refractivity contribution in [2.75, 3.05) is 44.3 Å². The summed E-state index contributed by atoms with van der Waals surface area (Å²) >= 11 is 1.58. The van der Waals surface area contributed by atoms with E-state index in [1.807, 2.05) is 89.1 Å². The van der Waals surface area contributed by atoms with Gasteiger partial charge in [0.2, 0.25) is 29.4 Å². The Bertz CT molecular complexity index is 2940. The number of aliphatic hydroxyl groups excluding tert-OH is 1. The number of piperazine rings is 1. The lowest BCUT2D eigenvalue weighted by molar-refractivity contribution is -0.144. The van der Waals surface area contributed by atoms with Crippen LogP contribution in [-0.2, 0) is 32.2 Å². The molecule has 2 bridgehead atoms. The summed E-state index contributed by atoms with van der Waals surface area (Å²) in [4.78, 5) is 66.2. The molecule has 0 aliphatic carbocycles. The number of hydrogen-bond donors (Lipinski definition) is 5. The number of nitrogens with one attached hydrogen (secondary N) is 3. The Morgan fingerprint density at radius 3 is 2.52 bits per heavy atom. The Balaban J connectivity index is 0.694. The van der Waals surface area contributed by atoms with Crippen LogP contribution < -0.4 is 25.6 Å². The normalized spacial score (nSPS) is 24.4. The first-order valence-electron chi connectivity index (χ1n) is 27.3. The van der Waals surface area contributed by atoms with Crippen molar-refractivity contribution >= 4 is 45.8 Å². The van der Waals surface area contributed by atoms with Crippen LogP contribution in [0.25, 0.3) is 21.3 Å². The second-order valence-corrected chi connectivity index (χ2v) is 24.7. The number of amides is 3. The van der Waals surface area contributed by atoms with E-state index in [0.29, 0.717) is 49.5 Å². The lowest BCUT2D eigenvalue weighted by Crippen LogP contribution is -2.57. The van der Waals surface area contributed by atoms with Gasteiger partial charge in [-0.25, -0.2) is 9.97 Å². The first-order chi connectivity index (χ1) is 36.7. The fourth-order valence-corrected chi connectivity index (χ4v) is 12.9. The van der Waals surface area contributed by atoms with E-state index in [4.69, 9.17) is 14.5 Å². The van der Waals surface area contributed by atoms with Crippen LogP contribution in [0.4, 0.5) is 10.2 Å². The number of thiazole rings is 1. The molecule has 77 heavy (non-hydrogen) atoms. The zero-order chi connectivity index (χ0) is 54.4. The van der Waals surface area contributed by atoms with E-state index in [1.54, 1.807) is 11.3 Å². The topological polar surface area (TPSA) is 238 Å². The molecule has 5 aliphatic heterocycles. The molecular formula is C55H74FN13O7S. The number of carbonyl (C=O) groups is 3. The first-order valence-corrected chi connectivity index (χ1v) is 28.2. The second kappa shape index (κ2) is 22.1. The summed E-state index contributed by atoms with van der Waals surface area (Å²) in [6.45, 7) is 17.5. The van der Waals surface area contributed by atoms with Gasteiger partial charge in [0.25, 0.3) is 0 Å². The number of aromatic nitrogens is 7. The van der Waals surface area contributed by atoms with Crippen molar-refractivity contribution < 1.29 is 38.5 Å². The summed E-state index contributed by atoms with van der Waals surface area (Å²) in [6, 6.07) is 7.03. The lowest BCUT2D eigenvalue weighted by atomic mass is 9.85. The van der Waals surface area contributed by atoms with E-state index >= 15 is 4.39 Å². The summed E-state index contributed by atoms with van der Waals surface area (Å²) in [7, 11) is 0. The van der Waals surface area contributed by atoms with Crippen molar-refractivity contribution in [2.24, 2.45) is 5.41 Å². The number of likely N-dealkylation sites (tertiary alicyclic amines) is 1. The van der Waals surface area contributed by atoms with Crippen LogP contribution in [0.2, 0.25) is 0 Å². The number of rotatable bonds is 19. The Morgan fingerprint density at radius 2 is 1.79 bits per heavy atom. The summed E-state index contributed by atoms with van der Waals surface area (Å²) in [6.07, 6.45) is 9.10. The summed E-state index contributed by atoms with van der Waals surface area (Å²) < 4.78 is 30.1. The zero-order valence-corrected chi connectivity index (χ0v) is 46.1. The number of aryl methyl sites for hydroxylation is 1. The third kappa shape index (κ3) is 11.9. The van der Waals surface area contributed by atoms with Gasteiger partial charge in [-0.3, -0.25) is 24.0 Å². The molecule has 5 aromatic rings. The van der Waals surface area contributed by atoms with E-state index in [9.17, 15) is 24.6 Å². The molecule has 5 aliphatic rings. The molecule has 0 saturated carbocycles. The third-order valence-electron chi connectivity index (χ3n) is 16.5. The number of halogens is 1. The fraction of sp³-hybridized carbons (Fsp3) is 0.618. The van der Waals surface area contributed by atoms with Gasteiger partial charge in [-0.05, 0) is 88.8 Å². The number of nitrogens with zero attached hydrogens (tertiary/aromatic N) is 10.